The molecule has 0 radical (unpaired) electrons. The lowest BCUT2D eigenvalue weighted by Crippen LogP contribution is -2.21. The first kappa shape index (κ1) is 19.8. The first-order chi connectivity index (χ1) is 13.9. The van der Waals surface area contributed by atoms with Crippen molar-refractivity contribution < 1.29 is 29.3 Å². The summed E-state index contributed by atoms with van der Waals surface area (Å²) < 4.78 is 10.6. The molecule has 0 aliphatic heterocycles. The molecule has 148 valence electrons. The lowest BCUT2D eigenvalue weighted by molar-refractivity contribution is -0.119. The van der Waals surface area contributed by atoms with Gasteiger partial charge in [0.25, 0.3) is 5.91 Å². The van der Waals surface area contributed by atoms with Gasteiger partial charge in [0.1, 0.15) is 17.1 Å². The number of hydrogen-bond acceptors (Lipinski definition) is 6. The number of para-hydroxylation sites is 1. The Bertz CT molecular complexity index is 1030. The third-order valence-corrected chi connectivity index (χ3v) is 4.00. The van der Waals surface area contributed by atoms with Gasteiger partial charge in [0.2, 0.25) is 0 Å². The molecule has 0 fully saturated rings. The molecule has 3 aromatic carbocycles. The topological polar surface area (TPSA) is 105 Å². The summed E-state index contributed by atoms with van der Waals surface area (Å²) >= 11 is 0. The number of phenols is 2. The van der Waals surface area contributed by atoms with Gasteiger partial charge in [-0.15, -0.1) is 0 Å². The van der Waals surface area contributed by atoms with Crippen LogP contribution in [0, 0.1) is 6.92 Å². The van der Waals surface area contributed by atoms with E-state index in [1.54, 1.807) is 31.2 Å². The fourth-order valence-corrected chi connectivity index (χ4v) is 2.51. The molecule has 7 nitrogen and oxygen atoms in total. The molecular weight excluding hydrogens is 374 g/mol. The molecular formula is C22H19NO6. The Hall–Kier alpha value is -4.00. The van der Waals surface area contributed by atoms with Crippen LogP contribution in [-0.2, 0) is 9.53 Å². The van der Waals surface area contributed by atoms with Crippen LogP contribution in [0.4, 0.5) is 5.69 Å². The molecule has 0 spiro atoms. The summed E-state index contributed by atoms with van der Waals surface area (Å²) in [5, 5.41) is 22.1. The Morgan fingerprint density at radius 1 is 0.897 bits per heavy atom. The van der Waals surface area contributed by atoms with Gasteiger partial charge in [-0.05, 0) is 42.8 Å². The van der Waals surface area contributed by atoms with Gasteiger partial charge in [-0.25, -0.2) is 4.79 Å². The summed E-state index contributed by atoms with van der Waals surface area (Å²) in [6, 6.07) is 18.7. The number of aryl methyl sites for hydroxylation is 1. The van der Waals surface area contributed by atoms with Gasteiger partial charge in [0.15, 0.2) is 18.1 Å². The van der Waals surface area contributed by atoms with Gasteiger partial charge >= 0.3 is 5.97 Å². The second kappa shape index (κ2) is 8.79. The van der Waals surface area contributed by atoms with Crippen LogP contribution in [0.1, 0.15) is 15.9 Å². The number of amides is 1. The number of aromatic hydroxyl groups is 2. The molecule has 7 heteroatoms. The van der Waals surface area contributed by atoms with Gasteiger partial charge in [-0.1, -0.05) is 30.3 Å². The van der Waals surface area contributed by atoms with Gasteiger partial charge < -0.3 is 25.0 Å². The number of benzene rings is 3. The van der Waals surface area contributed by atoms with Crippen molar-refractivity contribution in [2.75, 3.05) is 11.9 Å². The molecule has 1 amide bonds. The zero-order chi connectivity index (χ0) is 20.8. The van der Waals surface area contributed by atoms with Crippen LogP contribution in [0.2, 0.25) is 0 Å². The summed E-state index contributed by atoms with van der Waals surface area (Å²) in [7, 11) is 0. The number of phenolic OH excluding ortho intramolecular Hbond substituents is 2. The highest BCUT2D eigenvalue weighted by atomic mass is 16.5. The van der Waals surface area contributed by atoms with E-state index in [1.807, 2.05) is 30.3 Å². The molecule has 0 bridgehead atoms. The van der Waals surface area contributed by atoms with Gasteiger partial charge in [0.05, 0.1) is 0 Å². The summed E-state index contributed by atoms with van der Waals surface area (Å²) in [4.78, 5) is 24.1. The van der Waals surface area contributed by atoms with E-state index >= 15 is 0 Å². The highest BCUT2D eigenvalue weighted by Gasteiger charge is 2.18. The molecule has 3 aromatic rings. The first-order valence-electron chi connectivity index (χ1n) is 8.75. The minimum absolute atomic E-state index is 0.223. The van der Waals surface area contributed by atoms with Crippen LogP contribution in [0.5, 0.6) is 23.0 Å². The van der Waals surface area contributed by atoms with E-state index in [1.165, 1.54) is 12.1 Å². The predicted octanol–water partition coefficient (Wildman–Crippen LogP) is 3.99. The number of hydrogen-bond donors (Lipinski definition) is 3. The zero-order valence-electron chi connectivity index (χ0n) is 15.6. The van der Waals surface area contributed by atoms with E-state index in [-0.39, 0.29) is 5.56 Å². The number of ether oxygens (including phenoxy) is 2. The quantitative estimate of drug-likeness (QED) is 0.432. The summed E-state index contributed by atoms with van der Waals surface area (Å²) in [5.74, 6) is -1.28. The summed E-state index contributed by atoms with van der Waals surface area (Å²) in [6.45, 7) is 1.02. The standard InChI is InChI=1S/C22H19NO6/c1-14-10-11-18(21(26)20(14)25)22(27)28-13-19(24)23-15-6-5-9-17(12-15)29-16-7-3-2-4-8-16/h2-12,25-26H,13H2,1H3,(H,23,24). The smallest absolute Gasteiger partial charge is 0.342 e. The zero-order valence-corrected chi connectivity index (χ0v) is 15.6. The van der Waals surface area contributed by atoms with E-state index in [2.05, 4.69) is 5.32 Å². The van der Waals surface area contributed by atoms with Gasteiger partial charge in [-0.2, -0.15) is 0 Å². The minimum atomic E-state index is -0.922. The molecule has 3 N–H and O–H groups in total. The maximum Gasteiger partial charge on any atom is 0.342 e. The van der Waals surface area contributed by atoms with Crippen molar-refractivity contribution in [1.29, 1.82) is 0 Å². The van der Waals surface area contributed by atoms with Crippen LogP contribution in [0.25, 0.3) is 0 Å². The lowest BCUT2D eigenvalue weighted by atomic mass is 10.1. The third kappa shape index (κ3) is 5.04. The molecule has 0 aromatic heterocycles. The second-order valence-corrected chi connectivity index (χ2v) is 6.19. The summed E-state index contributed by atoms with van der Waals surface area (Å²) in [6.07, 6.45) is 0. The first-order valence-corrected chi connectivity index (χ1v) is 8.75. The Balaban J connectivity index is 1.58. The highest BCUT2D eigenvalue weighted by Crippen LogP contribution is 2.32. The number of carbonyl (C=O) groups is 2. The molecule has 0 aliphatic rings. The van der Waals surface area contributed by atoms with Crippen molar-refractivity contribution in [1.82, 2.24) is 0 Å². The average Bonchev–Trinajstić information content (AvgIpc) is 2.71. The van der Waals surface area contributed by atoms with Crippen molar-refractivity contribution in [3.8, 4) is 23.0 Å². The average molecular weight is 393 g/mol. The maximum atomic E-state index is 12.1. The predicted molar refractivity (Wildman–Crippen MR) is 106 cm³/mol. The van der Waals surface area contributed by atoms with Crippen LogP contribution in [0.15, 0.2) is 66.7 Å². The van der Waals surface area contributed by atoms with E-state index < -0.39 is 30.0 Å². The van der Waals surface area contributed by atoms with E-state index in [0.29, 0.717) is 22.7 Å². The number of anilines is 1. The number of esters is 1. The van der Waals surface area contributed by atoms with Crippen molar-refractivity contribution in [3.05, 3.63) is 77.9 Å². The van der Waals surface area contributed by atoms with Crippen LogP contribution in [0.3, 0.4) is 0 Å². The maximum absolute atomic E-state index is 12.1. The van der Waals surface area contributed by atoms with Gasteiger partial charge in [-0.3, -0.25) is 4.79 Å². The fraction of sp³-hybridized carbons (Fsp3) is 0.0909. The molecule has 0 saturated carbocycles. The Labute approximate surface area is 167 Å². The molecule has 3 rings (SSSR count). The Morgan fingerprint density at radius 3 is 2.38 bits per heavy atom. The third-order valence-electron chi connectivity index (χ3n) is 4.00. The van der Waals surface area contributed by atoms with Crippen molar-refractivity contribution >= 4 is 17.6 Å². The molecule has 0 heterocycles. The second-order valence-electron chi connectivity index (χ2n) is 6.19. The lowest BCUT2D eigenvalue weighted by Gasteiger charge is -2.10. The monoisotopic (exact) mass is 393 g/mol. The minimum Gasteiger partial charge on any atom is -0.504 e. The van der Waals surface area contributed by atoms with Crippen LogP contribution < -0.4 is 10.1 Å². The molecule has 0 saturated heterocycles. The SMILES string of the molecule is Cc1ccc(C(=O)OCC(=O)Nc2cccc(Oc3ccccc3)c2)c(O)c1O. The van der Waals surface area contributed by atoms with Gasteiger partial charge in [0, 0.05) is 11.8 Å². The summed E-state index contributed by atoms with van der Waals surface area (Å²) in [5.41, 5.74) is 0.656. The van der Waals surface area contributed by atoms with Crippen molar-refractivity contribution in [2.45, 2.75) is 6.92 Å². The largest absolute Gasteiger partial charge is 0.504 e. The molecule has 0 atom stereocenters. The Kier molecular flexibility index (Phi) is 5.99. The van der Waals surface area contributed by atoms with Crippen molar-refractivity contribution in [3.63, 3.8) is 0 Å². The molecule has 0 aliphatic carbocycles. The normalized spacial score (nSPS) is 10.2. The number of nitrogens with one attached hydrogen (secondary N) is 1. The number of rotatable bonds is 6. The van der Waals surface area contributed by atoms with E-state index in [4.69, 9.17) is 9.47 Å². The Morgan fingerprint density at radius 2 is 1.62 bits per heavy atom. The number of carbonyl (C=O) groups excluding carboxylic acids is 2. The molecule has 0 unspecified atom stereocenters. The van der Waals surface area contributed by atoms with Crippen LogP contribution in [-0.4, -0.2) is 28.7 Å². The van der Waals surface area contributed by atoms with Crippen LogP contribution >= 0.6 is 0 Å². The molecule has 29 heavy (non-hydrogen) atoms. The van der Waals surface area contributed by atoms with Crippen molar-refractivity contribution in [2.24, 2.45) is 0 Å². The van der Waals surface area contributed by atoms with E-state index in [9.17, 15) is 19.8 Å². The highest BCUT2D eigenvalue weighted by molar-refractivity contribution is 5.97. The van der Waals surface area contributed by atoms with E-state index in [0.717, 1.165) is 0 Å². The fourth-order valence-electron chi connectivity index (χ4n) is 2.51.